The van der Waals surface area contributed by atoms with Gasteiger partial charge in [0.05, 0.1) is 5.69 Å². The van der Waals surface area contributed by atoms with E-state index in [0.717, 1.165) is 31.0 Å². The third kappa shape index (κ3) is 3.47. The summed E-state index contributed by atoms with van der Waals surface area (Å²) in [5.41, 5.74) is 2.06. The van der Waals surface area contributed by atoms with Crippen molar-refractivity contribution in [2.75, 3.05) is 20.3 Å². The molecule has 0 aromatic carbocycles. The van der Waals surface area contributed by atoms with Crippen molar-refractivity contribution >= 4 is 11.6 Å². The molecular formula is C11H20ClN3O. The predicted octanol–water partition coefficient (Wildman–Crippen LogP) is 1.75. The van der Waals surface area contributed by atoms with Crippen molar-refractivity contribution in [2.45, 2.75) is 20.4 Å². The van der Waals surface area contributed by atoms with Gasteiger partial charge in [0.2, 0.25) is 0 Å². The van der Waals surface area contributed by atoms with Crippen LogP contribution in [0.1, 0.15) is 18.2 Å². The highest BCUT2D eigenvalue weighted by atomic mass is 35.5. The first-order valence-electron chi connectivity index (χ1n) is 5.43. The van der Waals surface area contributed by atoms with Crippen LogP contribution in [0.5, 0.6) is 0 Å². The Morgan fingerprint density at radius 3 is 2.75 bits per heavy atom. The Morgan fingerprint density at radius 2 is 2.25 bits per heavy atom. The lowest BCUT2D eigenvalue weighted by atomic mass is 10.2. The molecule has 0 radical (unpaired) electrons. The lowest BCUT2D eigenvalue weighted by molar-refractivity contribution is 0.158. The number of nitrogens with zero attached hydrogens (tertiary/aromatic N) is 2. The van der Waals surface area contributed by atoms with Crippen LogP contribution in [0.2, 0.25) is 5.15 Å². The summed E-state index contributed by atoms with van der Waals surface area (Å²) in [4.78, 5) is 0. The molecule has 0 amide bonds. The number of halogens is 1. The fourth-order valence-electron chi connectivity index (χ4n) is 1.66. The second kappa shape index (κ2) is 6.23. The zero-order valence-electron chi connectivity index (χ0n) is 10.4. The number of rotatable bonds is 6. The van der Waals surface area contributed by atoms with E-state index in [1.54, 1.807) is 11.8 Å². The van der Waals surface area contributed by atoms with Crippen molar-refractivity contribution in [1.29, 1.82) is 0 Å². The van der Waals surface area contributed by atoms with Crippen LogP contribution in [-0.2, 0) is 18.3 Å². The van der Waals surface area contributed by atoms with E-state index in [2.05, 4.69) is 17.3 Å². The van der Waals surface area contributed by atoms with E-state index in [4.69, 9.17) is 16.3 Å². The maximum absolute atomic E-state index is 6.13. The monoisotopic (exact) mass is 245 g/mol. The second-order valence-corrected chi connectivity index (χ2v) is 4.53. The molecule has 1 rings (SSSR count). The molecule has 1 aromatic heterocycles. The van der Waals surface area contributed by atoms with Crippen molar-refractivity contribution in [2.24, 2.45) is 13.0 Å². The lowest BCUT2D eigenvalue weighted by Gasteiger charge is -2.11. The highest BCUT2D eigenvalue weighted by Gasteiger charge is 2.10. The zero-order valence-corrected chi connectivity index (χ0v) is 11.1. The van der Waals surface area contributed by atoms with E-state index < -0.39 is 0 Å². The standard InChI is InChI=1S/C11H20ClN3O/c1-8(7-16-4)5-13-6-10-9(2)14-15(3)11(10)12/h8,13H,5-7H2,1-4H3. The van der Waals surface area contributed by atoms with Crippen LogP contribution in [0.4, 0.5) is 0 Å². The summed E-state index contributed by atoms with van der Waals surface area (Å²) in [6.07, 6.45) is 0. The Bertz CT molecular complexity index is 338. The van der Waals surface area contributed by atoms with Crippen LogP contribution < -0.4 is 5.32 Å². The number of hydrogen-bond acceptors (Lipinski definition) is 3. The van der Waals surface area contributed by atoms with Gasteiger partial charge in [0.25, 0.3) is 0 Å². The molecule has 0 bridgehead atoms. The molecular weight excluding hydrogens is 226 g/mol. The molecule has 1 atom stereocenters. The maximum Gasteiger partial charge on any atom is 0.131 e. The molecule has 0 aliphatic heterocycles. The Balaban J connectivity index is 2.43. The normalized spacial score (nSPS) is 13.1. The zero-order chi connectivity index (χ0) is 12.1. The fourth-order valence-corrected chi connectivity index (χ4v) is 1.90. The number of aryl methyl sites for hydroxylation is 2. The minimum absolute atomic E-state index is 0.501. The van der Waals surface area contributed by atoms with E-state index in [1.807, 2.05) is 14.0 Å². The highest BCUT2D eigenvalue weighted by Crippen LogP contribution is 2.18. The summed E-state index contributed by atoms with van der Waals surface area (Å²) in [7, 11) is 3.57. The van der Waals surface area contributed by atoms with Gasteiger partial charge < -0.3 is 10.1 Å². The molecule has 5 heteroatoms. The van der Waals surface area contributed by atoms with Gasteiger partial charge in [-0.1, -0.05) is 18.5 Å². The molecule has 0 aliphatic rings. The minimum atomic E-state index is 0.501. The SMILES string of the molecule is COCC(C)CNCc1c(C)nn(C)c1Cl. The van der Waals surface area contributed by atoms with Crippen LogP contribution in [-0.4, -0.2) is 30.0 Å². The molecule has 16 heavy (non-hydrogen) atoms. The van der Waals surface area contributed by atoms with Gasteiger partial charge in [-0.05, 0) is 12.8 Å². The number of aromatic nitrogens is 2. The first-order valence-corrected chi connectivity index (χ1v) is 5.81. The van der Waals surface area contributed by atoms with Crippen molar-refractivity contribution in [3.05, 3.63) is 16.4 Å². The van der Waals surface area contributed by atoms with E-state index in [0.29, 0.717) is 11.1 Å². The van der Waals surface area contributed by atoms with Crippen molar-refractivity contribution in [3.63, 3.8) is 0 Å². The van der Waals surface area contributed by atoms with Gasteiger partial charge in [-0.15, -0.1) is 0 Å². The van der Waals surface area contributed by atoms with Gasteiger partial charge in [-0.2, -0.15) is 5.10 Å². The van der Waals surface area contributed by atoms with Gasteiger partial charge >= 0.3 is 0 Å². The van der Waals surface area contributed by atoms with Crippen LogP contribution in [0, 0.1) is 12.8 Å². The molecule has 0 aliphatic carbocycles. The smallest absolute Gasteiger partial charge is 0.131 e. The average molecular weight is 246 g/mol. The van der Waals surface area contributed by atoms with Gasteiger partial charge in [0.15, 0.2) is 0 Å². The molecule has 0 saturated heterocycles. The second-order valence-electron chi connectivity index (χ2n) is 4.17. The Labute approximate surface area is 102 Å². The van der Waals surface area contributed by atoms with E-state index in [-0.39, 0.29) is 0 Å². The van der Waals surface area contributed by atoms with Crippen LogP contribution in [0.25, 0.3) is 0 Å². The molecule has 4 nitrogen and oxygen atoms in total. The first kappa shape index (κ1) is 13.5. The van der Waals surface area contributed by atoms with Gasteiger partial charge in [-0.25, -0.2) is 0 Å². The molecule has 1 heterocycles. The summed E-state index contributed by atoms with van der Waals surface area (Å²) in [6.45, 7) is 6.56. The highest BCUT2D eigenvalue weighted by molar-refractivity contribution is 6.30. The van der Waals surface area contributed by atoms with Crippen LogP contribution >= 0.6 is 11.6 Å². The fraction of sp³-hybridized carbons (Fsp3) is 0.727. The summed E-state index contributed by atoms with van der Waals surface area (Å²) >= 11 is 6.13. The Hall–Kier alpha value is -0.580. The molecule has 0 spiro atoms. The third-order valence-electron chi connectivity index (χ3n) is 2.52. The Kier molecular flexibility index (Phi) is 5.25. The van der Waals surface area contributed by atoms with Crippen LogP contribution in [0.15, 0.2) is 0 Å². The molecule has 1 unspecified atom stereocenters. The summed E-state index contributed by atoms with van der Waals surface area (Å²) in [6, 6.07) is 0. The number of nitrogens with one attached hydrogen (secondary N) is 1. The summed E-state index contributed by atoms with van der Waals surface area (Å²) in [5.74, 6) is 0.501. The van der Waals surface area contributed by atoms with Crippen molar-refractivity contribution < 1.29 is 4.74 Å². The average Bonchev–Trinajstić information content (AvgIpc) is 2.45. The van der Waals surface area contributed by atoms with E-state index in [9.17, 15) is 0 Å². The quantitative estimate of drug-likeness (QED) is 0.830. The summed E-state index contributed by atoms with van der Waals surface area (Å²) < 4.78 is 6.78. The maximum atomic E-state index is 6.13. The van der Waals surface area contributed by atoms with E-state index >= 15 is 0 Å². The van der Waals surface area contributed by atoms with Crippen molar-refractivity contribution in [3.8, 4) is 0 Å². The predicted molar refractivity (Wildman–Crippen MR) is 65.7 cm³/mol. The van der Waals surface area contributed by atoms with Gasteiger partial charge in [0, 0.05) is 39.4 Å². The molecule has 92 valence electrons. The van der Waals surface area contributed by atoms with E-state index in [1.165, 1.54) is 0 Å². The lowest BCUT2D eigenvalue weighted by Crippen LogP contribution is -2.23. The minimum Gasteiger partial charge on any atom is -0.384 e. The first-order chi connectivity index (χ1) is 7.56. The number of hydrogen-bond donors (Lipinski definition) is 1. The van der Waals surface area contributed by atoms with Crippen molar-refractivity contribution in [1.82, 2.24) is 15.1 Å². The molecule has 0 fully saturated rings. The number of methoxy groups -OCH3 is 1. The summed E-state index contributed by atoms with van der Waals surface area (Å²) in [5, 5.41) is 8.34. The largest absolute Gasteiger partial charge is 0.384 e. The topological polar surface area (TPSA) is 39.1 Å². The van der Waals surface area contributed by atoms with Crippen LogP contribution in [0.3, 0.4) is 0 Å². The number of ether oxygens (including phenoxy) is 1. The van der Waals surface area contributed by atoms with Gasteiger partial charge in [0.1, 0.15) is 5.15 Å². The van der Waals surface area contributed by atoms with Gasteiger partial charge in [-0.3, -0.25) is 4.68 Å². The third-order valence-corrected chi connectivity index (χ3v) is 2.99. The molecule has 1 aromatic rings. The Morgan fingerprint density at radius 1 is 1.56 bits per heavy atom. The molecule has 0 saturated carbocycles. The molecule has 1 N–H and O–H groups in total.